The molecule has 6 heteroatoms. The Hall–Kier alpha value is -1.30. The third-order valence-corrected chi connectivity index (χ3v) is 2.57. The molecule has 0 unspecified atom stereocenters. The molecule has 1 heterocycles. The molecule has 17 heavy (non-hydrogen) atoms. The van der Waals surface area contributed by atoms with Gasteiger partial charge in [0.05, 0.1) is 0 Å². The third-order valence-electron chi connectivity index (χ3n) is 2.57. The van der Waals surface area contributed by atoms with Crippen LogP contribution >= 0.6 is 0 Å². The fourth-order valence-corrected chi connectivity index (χ4v) is 1.63. The van der Waals surface area contributed by atoms with Gasteiger partial charge in [0.2, 0.25) is 5.91 Å². The van der Waals surface area contributed by atoms with Crippen molar-refractivity contribution in [2.24, 2.45) is 0 Å². The van der Waals surface area contributed by atoms with Crippen LogP contribution in [0.1, 0.15) is 26.2 Å². The molecule has 0 bridgehead atoms. The number of nitrogens with one attached hydrogen (secondary N) is 3. The van der Waals surface area contributed by atoms with Crippen LogP contribution in [0.5, 0.6) is 0 Å². The van der Waals surface area contributed by atoms with Crippen molar-refractivity contribution >= 4 is 11.9 Å². The van der Waals surface area contributed by atoms with Crippen molar-refractivity contribution in [3.8, 4) is 0 Å². The summed E-state index contributed by atoms with van der Waals surface area (Å²) in [5.74, 6) is -0.0448. The maximum atomic E-state index is 11.5. The van der Waals surface area contributed by atoms with Gasteiger partial charge in [-0.05, 0) is 19.3 Å². The van der Waals surface area contributed by atoms with Crippen LogP contribution in [0.25, 0.3) is 0 Å². The molecule has 0 aromatic carbocycles. The molecule has 6 nitrogen and oxygen atoms in total. The van der Waals surface area contributed by atoms with Crippen LogP contribution in [0, 0.1) is 0 Å². The van der Waals surface area contributed by atoms with Crippen molar-refractivity contribution in [3.63, 3.8) is 0 Å². The van der Waals surface area contributed by atoms with Gasteiger partial charge in [-0.25, -0.2) is 4.79 Å². The molecule has 1 saturated heterocycles. The maximum Gasteiger partial charge on any atom is 0.315 e. The number of rotatable bonds is 5. The normalized spacial score (nSPS) is 16.3. The molecule has 1 fully saturated rings. The van der Waals surface area contributed by atoms with Gasteiger partial charge >= 0.3 is 6.03 Å². The van der Waals surface area contributed by atoms with Gasteiger partial charge in [0, 0.05) is 39.3 Å². The highest BCUT2D eigenvalue weighted by atomic mass is 16.5. The van der Waals surface area contributed by atoms with E-state index >= 15 is 0 Å². The summed E-state index contributed by atoms with van der Waals surface area (Å²) >= 11 is 0. The van der Waals surface area contributed by atoms with Crippen molar-refractivity contribution < 1.29 is 14.3 Å². The number of carbonyl (C=O) groups excluding carboxylic acids is 2. The summed E-state index contributed by atoms with van der Waals surface area (Å²) in [5, 5.41) is 8.34. The average molecular weight is 243 g/mol. The Bertz CT molecular complexity index is 252. The standard InChI is InChI=1S/C11H21N3O3/c1-9(15)12-5-2-6-13-11(16)14-10-3-7-17-8-4-10/h10H,2-8H2,1H3,(H,12,15)(H2,13,14,16). The van der Waals surface area contributed by atoms with E-state index in [0.717, 1.165) is 19.3 Å². The zero-order chi connectivity index (χ0) is 12.5. The van der Waals surface area contributed by atoms with Crippen LogP contribution in [-0.4, -0.2) is 44.3 Å². The summed E-state index contributed by atoms with van der Waals surface area (Å²) in [5.41, 5.74) is 0. The Morgan fingerprint density at radius 3 is 2.47 bits per heavy atom. The van der Waals surface area contributed by atoms with Gasteiger partial charge in [0.25, 0.3) is 0 Å². The second-order valence-electron chi connectivity index (χ2n) is 4.12. The molecule has 0 aromatic rings. The summed E-state index contributed by atoms with van der Waals surface area (Å²) in [6, 6.07) is 0.0822. The SMILES string of the molecule is CC(=O)NCCCNC(=O)NC1CCOCC1. The fourth-order valence-electron chi connectivity index (χ4n) is 1.63. The third kappa shape index (κ3) is 6.78. The second-order valence-corrected chi connectivity index (χ2v) is 4.12. The number of amides is 3. The van der Waals surface area contributed by atoms with Crippen LogP contribution in [0.3, 0.4) is 0 Å². The molecule has 0 atom stereocenters. The quantitative estimate of drug-likeness (QED) is 0.594. The van der Waals surface area contributed by atoms with Gasteiger partial charge in [-0.2, -0.15) is 0 Å². The lowest BCUT2D eigenvalue weighted by Crippen LogP contribution is -2.45. The van der Waals surface area contributed by atoms with E-state index in [9.17, 15) is 9.59 Å². The smallest absolute Gasteiger partial charge is 0.315 e. The minimum absolute atomic E-state index is 0.0448. The molecule has 0 saturated carbocycles. The molecular weight excluding hydrogens is 222 g/mol. The molecule has 98 valence electrons. The molecule has 1 rings (SSSR count). The highest BCUT2D eigenvalue weighted by Gasteiger charge is 2.15. The molecule has 0 aromatic heterocycles. The highest BCUT2D eigenvalue weighted by molar-refractivity contribution is 5.74. The summed E-state index contributed by atoms with van der Waals surface area (Å²) in [7, 11) is 0. The van der Waals surface area contributed by atoms with Crippen LogP contribution < -0.4 is 16.0 Å². The van der Waals surface area contributed by atoms with Gasteiger partial charge in [-0.3, -0.25) is 4.79 Å². The van der Waals surface area contributed by atoms with Gasteiger partial charge in [0.15, 0.2) is 0 Å². The molecular formula is C11H21N3O3. The fraction of sp³-hybridized carbons (Fsp3) is 0.818. The largest absolute Gasteiger partial charge is 0.381 e. The number of urea groups is 1. The highest BCUT2D eigenvalue weighted by Crippen LogP contribution is 2.05. The summed E-state index contributed by atoms with van der Waals surface area (Å²) < 4.78 is 5.20. The van der Waals surface area contributed by atoms with Crippen molar-refractivity contribution in [3.05, 3.63) is 0 Å². The van der Waals surface area contributed by atoms with Crippen molar-refractivity contribution in [2.45, 2.75) is 32.2 Å². The first-order valence-corrected chi connectivity index (χ1v) is 6.05. The minimum Gasteiger partial charge on any atom is -0.381 e. The first kappa shape index (κ1) is 13.8. The van der Waals surface area contributed by atoms with Crippen molar-refractivity contribution in [2.75, 3.05) is 26.3 Å². The first-order valence-electron chi connectivity index (χ1n) is 6.05. The van der Waals surface area contributed by atoms with E-state index in [2.05, 4.69) is 16.0 Å². The van der Waals surface area contributed by atoms with Crippen LogP contribution in [-0.2, 0) is 9.53 Å². The zero-order valence-corrected chi connectivity index (χ0v) is 10.3. The number of ether oxygens (including phenoxy) is 1. The number of hydrogen-bond donors (Lipinski definition) is 3. The van der Waals surface area contributed by atoms with Crippen LogP contribution in [0.2, 0.25) is 0 Å². The van der Waals surface area contributed by atoms with E-state index < -0.39 is 0 Å². The predicted octanol–water partition coefficient (Wildman–Crippen LogP) is -0.00920. The van der Waals surface area contributed by atoms with Crippen molar-refractivity contribution in [1.82, 2.24) is 16.0 Å². The van der Waals surface area contributed by atoms with E-state index in [1.165, 1.54) is 6.92 Å². The van der Waals surface area contributed by atoms with Gasteiger partial charge < -0.3 is 20.7 Å². The second kappa shape index (κ2) is 7.89. The van der Waals surface area contributed by atoms with Gasteiger partial charge in [-0.1, -0.05) is 0 Å². The summed E-state index contributed by atoms with van der Waals surface area (Å²) in [6.45, 7) is 4.06. The lowest BCUT2D eigenvalue weighted by atomic mass is 10.1. The maximum absolute atomic E-state index is 11.5. The lowest BCUT2D eigenvalue weighted by molar-refractivity contribution is -0.118. The summed E-state index contributed by atoms with van der Waals surface area (Å²) in [6.07, 6.45) is 2.49. The van der Waals surface area contributed by atoms with E-state index in [-0.39, 0.29) is 18.0 Å². The molecule has 1 aliphatic heterocycles. The summed E-state index contributed by atoms with van der Waals surface area (Å²) in [4.78, 5) is 22.0. The molecule has 3 amide bonds. The van der Waals surface area contributed by atoms with Crippen LogP contribution in [0.4, 0.5) is 4.79 Å². The Morgan fingerprint density at radius 1 is 1.18 bits per heavy atom. The Labute approximate surface area is 101 Å². The van der Waals surface area contributed by atoms with E-state index in [4.69, 9.17) is 4.74 Å². The first-order chi connectivity index (χ1) is 8.18. The van der Waals surface area contributed by atoms with Gasteiger partial charge in [0.1, 0.15) is 0 Å². The topological polar surface area (TPSA) is 79.5 Å². The number of hydrogen-bond acceptors (Lipinski definition) is 3. The average Bonchev–Trinajstić information content (AvgIpc) is 2.29. The van der Waals surface area contributed by atoms with Crippen LogP contribution in [0.15, 0.2) is 0 Å². The molecule has 0 radical (unpaired) electrons. The Morgan fingerprint density at radius 2 is 1.82 bits per heavy atom. The molecule has 1 aliphatic rings. The molecule has 0 spiro atoms. The van der Waals surface area contributed by atoms with Gasteiger partial charge in [-0.15, -0.1) is 0 Å². The molecule has 0 aliphatic carbocycles. The lowest BCUT2D eigenvalue weighted by Gasteiger charge is -2.23. The molecule has 3 N–H and O–H groups in total. The predicted molar refractivity (Wildman–Crippen MR) is 63.7 cm³/mol. The minimum atomic E-state index is -0.139. The monoisotopic (exact) mass is 243 g/mol. The number of carbonyl (C=O) groups is 2. The Kier molecular flexibility index (Phi) is 6.39. The van der Waals surface area contributed by atoms with E-state index in [1.54, 1.807) is 0 Å². The zero-order valence-electron chi connectivity index (χ0n) is 10.3. The van der Waals surface area contributed by atoms with E-state index in [1.807, 2.05) is 0 Å². The van der Waals surface area contributed by atoms with E-state index in [0.29, 0.717) is 26.3 Å². The Balaban J connectivity index is 1.98. The van der Waals surface area contributed by atoms with Crippen molar-refractivity contribution in [1.29, 1.82) is 0 Å².